The monoisotopic (exact) mass is 386 g/mol. The maximum absolute atomic E-state index is 0. The Kier molecular flexibility index (Phi) is 2290. The van der Waals surface area contributed by atoms with Crippen LogP contribution in [0.5, 0.6) is 0 Å². The molecule has 9 heavy (non-hydrogen) atoms. The van der Waals surface area contributed by atoms with Crippen molar-refractivity contribution in [2.45, 2.75) is 0 Å². The second kappa shape index (κ2) is 125. The molecule has 0 aromatic carbocycles. The molecule has 0 aromatic heterocycles. The largest absolute Gasteiger partial charge is 3.00 e. The zero-order valence-corrected chi connectivity index (χ0v) is 9.86. The molecule has 0 atom stereocenters. The molecule has 0 bridgehead atoms. The van der Waals surface area contributed by atoms with Crippen molar-refractivity contribution in [1.82, 2.24) is 0 Å². The van der Waals surface area contributed by atoms with Crippen LogP contribution in [0.1, 0.15) is 0 Å². The van der Waals surface area contributed by atoms with Gasteiger partial charge in [-0.05, 0) is 0 Å². The topological polar surface area (TPSA) is 85.5 Å². The van der Waals surface area contributed by atoms with E-state index in [0.29, 0.717) is 0 Å². The van der Waals surface area contributed by atoms with Crippen LogP contribution >= 0.6 is 0 Å². The molecule has 0 rings (SSSR count). The quantitative estimate of drug-likeness (QED) is 0.509. The van der Waals surface area contributed by atoms with Crippen molar-refractivity contribution in [3.63, 3.8) is 0 Å². The van der Waals surface area contributed by atoms with Crippen molar-refractivity contribution in [1.29, 1.82) is 0 Å². The van der Waals surface area contributed by atoms with Crippen LogP contribution in [0.25, 0.3) is 0 Å². The Hall–Kier alpha value is 2.94. The van der Waals surface area contributed by atoms with E-state index in [4.69, 9.17) is 0 Å². The predicted molar refractivity (Wildman–Crippen MR) is 2.06 cm³/mol. The zero-order valence-electron chi connectivity index (χ0n) is 3.32. The second-order valence-electron chi connectivity index (χ2n) is 0. The Morgan fingerprint density at radius 1 is 0.444 bits per heavy atom. The summed E-state index contributed by atoms with van der Waals surface area (Å²) >= 11 is 0. The van der Waals surface area contributed by atoms with Crippen molar-refractivity contribution >= 4 is 0 Å². The molecule has 0 unspecified atom stereocenters. The predicted octanol–water partition coefficient (Wildman–Crippen LogP) is -0.371. The van der Waals surface area contributed by atoms with Gasteiger partial charge < -0.3 is 16.4 Å². The molecule has 0 amide bonds. The summed E-state index contributed by atoms with van der Waals surface area (Å²) in [6, 6.07) is 0. The average Bonchev–Trinajstić information content (AvgIpc) is 0. The van der Waals surface area contributed by atoms with Crippen molar-refractivity contribution in [2.75, 3.05) is 0 Å². The van der Waals surface area contributed by atoms with Gasteiger partial charge in [-0.25, -0.2) is 0 Å². The van der Waals surface area contributed by atoms with E-state index in [9.17, 15) is 0 Å². The maximum Gasteiger partial charge on any atom is 3.00 e. The summed E-state index contributed by atoms with van der Waals surface area (Å²) in [4.78, 5) is 0. The Balaban J connectivity index is 0. The average molecular weight is 387 g/mol. The second-order valence-corrected chi connectivity index (χ2v) is 0. The van der Waals surface area contributed by atoms with Gasteiger partial charge in [0, 0.05) is 67.1 Å². The van der Waals surface area contributed by atoms with E-state index < -0.39 is 0 Å². The third kappa shape index (κ3) is 101. The van der Waals surface area contributed by atoms with E-state index in [0.717, 1.165) is 0 Å². The molecule has 0 spiro atoms. The first-order valence-corrected chi connectivity index (χ1v) is 0. The van der Waals surface area contributed by atoms with Gasteiger partial charge in [0.1, 0.15) is 0 Å². The standard InChI is InChI=1S/2Fe.2Mn.2Ni.3O/q2*+3;;;;;3*-2. The molecule has 0 heterocycles. The van der Waals surface area contributed by atoms with E-state index in [-0.39, 0.29) is 118 Å². The van der Waals surface area contributed by atoms with Crippen LogP contribution in [0.2, 0.25) is 0 Å². The van der Waals surface area contributed by atoms with Gasteiger partial charge in [-0.1, -0.05) is 0 Å². The number of rotatable bonds is 0. The number of hydrogen-bond acceptors (Lipinski definition) is 0. The van der Waals surface area contributed by atoms with Crippen molar-refractivity contribution in [3.8, 4) is 0 Å². The molecule has 0 aliphatic heterocycles. The van der Waals surface area contributed by atoms with Gasteiger partial charge in [0.25, 0.3) is 0 Å². The Bertz CT molecular complexity index is 17.8. The molecule has 0 N–H and O–H groups in total. The van der Waals surface area contributed by atoms with Crippen LogP contribution in [-0.2, 0) is 118 Å². The van der Waals surface area contributed by atoms with Crippen molar-refractivity contribution in [3.05, 3.63) is 0 Å². The van der Waals surface area contributed by atoms with Crippen LogP contribution in [0.3, 0.4) is 0 Å². The van der Waals surface area contributed by atoms with Crippen LogP contribution < -0.4 is 0 Å². The molecule has 4 radical (unpaired) electrons. The van der Waals surface area contributed by atoms with Gasteiger partial charge in [0.2, 0.25) is 0 Å². The molecule has 0 fully saturated rings. The minimum absolute atomic E-state index is 0. The number of hydrogen-bond donors (Lipinski definition) is 0. The minimum Gasteiger partial charge on any atom is -2.00 e. The van der Waals surface area contributed by atoms with E-state index in [1.807, 2.05) is 0 Å². The summed E-state index contributed by atoms with van der Waals surface area (Å²) < 4.78 is 0. The van der Waals surface area contributed by atoms with Gasteiger partial charge in [-0.15, -0.1) is 0 Å². The molecule has 9 heteroatoms. The van der Waals surface area contributed by atoms with Gasteiger partial charge >= 0.3 is 34.1 Å². The minimum atomic E-state index is 0. The van der Waals surface area contributed by atoms with E-state index in [2.05, 4.69) is 0 Å². The van der Waals surface area contributed by atoms with E-state index >= 15 is 0 Å². The Morgan fingerprint density at radius 3 is 0.444 bits per heavy atom. The maximum atomic E-state index is 0. The molecular formula is Fe2Mn2Ni2O3. The molecule has 0 aliphatic rings. The van der Waals surface area contributed by atoms with E-state index in [1.165, 1.54) is 0 Å². The fraction of sp³-hybridized carbons (Fsp3) is 0. The Morgan fingerprint density at radius 2 is 0.444 bits per heavy atom. The fourth-order valence-electron chi connectivity index (χ4n) is 0. The van der Waals surface area contributed by atoms with Crippen LogP contribution in [0, 0.1) is 0 Å². The third-order valence-corrected chi connectivity index (χ3v) is 0. The summed E-state index contributed by atoms with van der Waals surface area (Å²) in [5.74, 6) is 0. The van der Waals surface area contributed by atoms with Crippen LogP contribution in [0.4, 0.5) is 0 Å². The first-order chi connectivity index (χ1) is 0. The molecule has 0 aromatic rings. The smallest absolute Gasteiger partial charge is 2.00 e. The van der Waals surface area contributed by atoms with Gasteiger partial charge in [0.05, 0.1) is 0 Å². The normalized spacial score (nSPS) is 0. The van der Waals surface area contributed by atoms with Crippen molar-refractivity contribution < 1.29 is 118 Å². The first-order valence-electron chi connectivity index (χ1n) is 0. The van der Waals surface area contributed by atoms with Crippen LogP contribution in [0.15, 0.2) is 0 Å². The summed E-state index contributed by atoms with van der Waals surface area (Å²) in [5.41, 5.74) is 0. The summed E-state index contributed by atoms with van der Waals surface area (Å²) in [6.07, 6.45) is 0. The molecule has 3 nitrogen and oxygen atoms in total. The SMILES string of the molecule is [Fe+3].[Fe+3].[Mn].[Mn].[Ni].[Ni].[O-2].[O-2].[O-2]. The van der Waals surface area contributed by atoms with Gasteiger partial charge in [0.15, 0.2) is 0 Å². The van der Waals surface area contributed by atoms with E-state index in [1.54, 1.807) is 0 Å². The van der Waals surface area contributed by atoms with Gasteiger partial charge in [-0.2, -0.15) is 0 Å². The molecule has 0 aliphatic carbocycles. The van der Waals surface area contributed by atoms with Gasteiger partial charge in [-0.3, -0.25) is 0 Å². The molecule has 0 saturated heterocycles. The Labute approximate surface area is 116 Å². The summed E-state index contributed by atoms with van der Waals surface area (Å²) in [6.45, 7) is 0. The van der Waals surface area contributed by atoms with Crippen LogP contribution in [-0.4, -0.2) is 0 Å². The molecule has 68 valence electrons. The third-order valence-electron chi connectivity index (χ3n) is 0. The summed E-state index contributed by atoms with van der Waals surface area (Å²) in [7, 11) is 0. The zero-order chi connectivity index (χ0) is 0. The first kappa shape index (κ1) is 165. The summed E-state index contributed by atoms with van der Waals surface area (Å²) in [5, 5.41) is 0. The fourth-order valence-corrected chi connectivity index (χ4v) is 0. The molecular weight excluding hydrogens is 387 g/mol. The molecule has 0 saturated carbocycles. The van der Waals surface area contributed by atoms with Crippen molar-refractivity contribution in [2.24, 2.45) is 0 Å².